The summed E-state index contributed by atoms with van der Waals surface area (Å²) in [6.45, 7) is 1.88. The number of aryl methyl sites for hydroxylation is 1. The van der Waals surface area contributed by atoms with Crippen molar-refractivity contribution in [3.8, 4) is 0 Å². The molecule has 0 fully saturated rings. The molecule has 3 aromatic rings. The van der Waals surface area contributed by atoms with Crippen molar-refractivity contribution in [1.82, 2.24) is 9.59 Å². The van der Waals surface area contributed by atoms with Gasteiger partial charge >= 0.3 is 0 Å². The van der Waals surface area contributed by atoms with Crippen LogP contribution in [0.5, 0.6) is 0 Å². The van der Waals surface area contributed by atoms with E-state index in [1.807, 2.05) is 19.1 Å². The molecule has 0 aliphatic rings. The maximum Gasteiger partial charge on any atom is 0.0957 e. The lowest BCUT2D eigenvalue weighted by Gasteiger charge is -2.07. The van der Waals surface area contributed by atoms with Gasteiger partial charge in [-0.15, -0.1) is 16.4 Å². The fourth-order valence-electron chi connectivity index (χ4n) is 2.03. The zero-order chi connectivity index (χ0) is 12.5. The molecule has 0 aliphatic heterocycles. The van der Waals surface area contributed by atoms with Crippen molar-refractivity contribution in [2.75, 3.05) is 0 Å². The van der Waals surface area contributed by atoms with E-state index in [0.29, 0.717) is 6.42 Å². The fraction of sp³-hybridized carbons (Fsp3) is 0.231. The molecule has 1 atom stereocenters. The molecule has 5 heteroatoms. The molecule has 0 radical (unpaired) electrons. The summed E-state index contributed by atoms with van der Waals surface area (Å²) in [7, 11) is 0. The third-order valence-electron chi connectivity index (χ3n) is 2.96. The molecular formula is C13H12N2OS2. The van der Waals surface area contributed by atoms with Crippen LogP contribution in [0.4, 0.5) is 0 Å². The zero-order valence-electron chi connectivity index (χ0n) is 9.83. The lowest BCUT2D eigenvalue weighted by molar-refractivity contribution is 0.182. The number of hydrogen-bond donors (Lipinski definition) is 1. The number of hydrogen-bond acceptors (Lipinski definition) is 5. The molecule has 1 N–H and O–H groups in total. The van der Waals surface area contributed by atoms with E-state index in [0.717, 1.165) is 10.6 Å². The maximum absolute atomic E-state index is 10.3. The van der Waals surface area contributed by atoms with Crippen LogP contribution in [0.2, 0.25) is 0 Å². The average Bonchev–Trinajstić information content (AvgIpc) is 2.97. The largest absolute Gasteiger partial charge is 0.387 e. The summed E-state index contributed by atoms with van der Waals surface area (Å²) in [6, 6.07) is 8.28. The summed E-state index contributed by atoms with van der Waals surface area (Å²) < 4.78 is 5.13. The highest BCUT2D eigenvalue weighted by molar-refractivity contribution is 7.17. The van der Waals surface area contributed by atoms with Gasteiger partial charge in [-0.1, -0.05) is 22.7 Å². The molecule has 0 aliphatic carbocycles. The smallest absolute Gasteiger partial charge is 0.0957 e. The van der Waals surface area contributed by atoms with Crippen molar-refractivity contribution >= 4 is 33.0 Å². The quantitative estimate of drug-likeness (QED) is 0.798. The van der Waals surface area contributed by atoms with Crippen LogP contribution < -0.4 is 0 Å². The molecule has 0 bridgehead atoms. The number of aromatic nitrogens is 2. The second kappa shape index (κ2) is 4.76. The number of rotatable bonds is 3. The van der Waals surface area contributed by atoms with Gasteiger partial charge in [0.2, 0.25) is 0 Å². The minimum atomic E-state index is -0.511. The highest BCUT2D eigenvalue weighted by atomic mass is 32.1. The van der Waals surface area contributed by atoms with Crippen LogP contribution in [0.1, 0.15) is 22.2 Å². The van der Waals surface area contributed by atoms with E-state index in [4.69, 9.17) is 0 Å². The molecule has 0 saturated carbocycles. The summed E-state index contributed by atoms with van der Waals surface area (Å²) in [4.78, 5) is 0.866. The van der Waals surface area contributed by atoms with Gasteiger partial charge in [0.25, 0.3) is 0 Å². The Labute approximate surface area is 113 Å². The van der Waals surface area contributed by atoms with Gasteiger partial charge in [-0.25, -0.2) is 0 Å². The SMILES string of the molecule is Cc1nnsc1C(O)Cc1csc2ccccc12. The topological polar surface area (TPSA) is 46.0 Å². The van der Waals surface area contributed by atoms with E-state index in [-0.39, 0.29) is 0 Å². The highest BCUT2D eigenvalue weighted by Gasteiger charge is 2.16. The minimum Gasteiger partial charge on any atom is -0.387 e. The van der Waals surface area contributed by atoms with Crippen LogP contribution in [-0.4, -0.2) is 14.7 Å². The van der Waals surface area contributed by atoms with E-state index in [1.54, 1.807) is 11.3 Å². The molecule has 3 rings (SSSR count). The Kier molecular flexibility index (Phi) is 3.11. The van der Waals surface area contributed by atoms with E-state index >= 15 is 0 Å². The average molecular weight is 276 g/mol. The van der Waals surface area contributed by atoms with Gasteiger partial charge in [0, 0.05) is 11.1 Å². The normalized spacial score (nSPS) is 13.0. The number of nitrogens with zero attached hydrogens (tertiary/aromatic N) is 2. The molecule has 2 heterocycles. The molecule has 2 aromatic heterocycles. The zero-order valence-corrected chi connectivity index (χ0v) is 11.5. The van der Waals surface area contributed by atoms with Crippen molar-refractivity contribution < 1.29 is 5.11 Å². The second-order valence-corrected chi connectivity index (χ2v) is 5.90. The highest BCUT2D eigenvalue weighted by Crippen LogP contribution is 2.30. The Bertz CT molecular complexity index is 674. The Morgan fingerprint density at radius 2 is 2.17 bits per heavy atom. The fourth-order valence-corrected chi connectivity index (χ4v) is 3.64. The van der Waals surface area contributed by atoms with Gasteiger partial charge in [0.15, 0.2) is 0 Å². The molecule has 1 unspecified atom stereocenters. The molecule has 1 aromatic carbocycles. The maximum atomic E-state index is 10.3. The summed E-state index contributed by atoms with van der Waals surface area (Å²) in [5.41, 5.74) is 2.02. The van der Waals surface area contributed by atoms with E-state index in [2.05, 4.69) is 27.1 Å². The summed E-state index contributed by atoms with van der Waals surface area (Å²) in [6.07, 6.45) is 0.109. The molecule has 18 heavy (non-hydrogen) atoms. The van der Waals surface area contributed by atoms with Gasteiger partial charge in [0.05, 0.1) is 16.7 Å². The van der Waals surface area contributed by atoms with Crippen LogP contribution in [0.3, 0.4) is 0 Å². The first kappa shape index (κ1) is 11.8. The molecule has 0 saturated heterocycles. The van der Waals surface area contributed by atoms with Crippen LogP contribution in [0, 0.1) is 6.92 Å². The van der Waals surface area contributed by atoms with Crippen LogP contribution in [-0.2, 0) is 6.42 Å². The van der Waals surface area contributed by atoms with Crippen molar-refractivity contribution in [1.29, 1.82) is 0 Å². The third kappa shape index (κ3) is 2.05. The first-order valence-corrected chi connectivity index (χ1v) is 7.33. The molecule has 0 amide bonds. The lowest BCUT2D eigenvalue weighted by atomic mass is 10.1. The molecule has 0 spiro atoms. The number of fused-ring (bicyclic) bond motifs is 1. The van der Waals surface area contributed by atoms with Gasteiger partial charge in [-0.05, 0) is 40.9 Å². The first-order chi connectivity index (χ1) is 8.75. The number of benzene rings is 1. The second-order valence-electron chi connectivity index (χ2n) is 4.20. The Morgan fingerprint density at radius 1 is 1.33 bits per heavy atom. The van der Waals surface area contributed by atoms with E-state index in [9.17, 15) is 5.11 Å². The van der Waals surface area contributed by atoms with Gasteiger partial charge in [-0.3, -0.25) is 0 Å². The third-order valence-corrected chi connectivity index (χ3v) is 4.90. The predicted octanol–water partition coefficient (Wildman–Crippen LogP) is 3.34. The Balaban J connectivity index is 1.91. The van der Waals surface area contributed by atoms with Gasteiger partial charge in [-0.2, -0.15) is 0 Å². The minimum absolute atomic E-state index is 0.511. The molecular weight excluding hydrogens is 264 g/mol. The Morgan fingerprint density at radius 3 is 2.94 bits per heavy atom. The van der Waals surface area contributed by atoms with E-state index < -0.39 is 6.10 Å². The summed E-state index contributed by atoms with van der Waals surface area (Å²) in [5.74, 6) is 0. The van der Waals surface area contributed by atoms with Crippen molar-refractivity contribution in [2.45, 2.75) is 19.4 Å². The summed E-state index contributed by atoms with van der Waals surface area (Å²) in [5, 5.41) is 17.6. The number of aliphatic hydroxyl groups excluding tert-OH is 1. The molecule has 92 valence electrons. The first-order valence-electron chi connectivity index (χ1n) is 5.67. The summed E-state index contributed by atoms with van der Waals surface area (Å²) >= 11 is 3.00. The van der Waals surface area contributed by atoms with Crippen molar-refractivity contribution in [2.24, 2.45) is 0 Å². The Hall–Kier alpha value is -1.30. The standard InChI is InChI=1S/C13H12N2OS2/c1-8-13(18-15-14-8)11(16)6-9-7-17-12-5-3-2-4-10(9)12/h2-5,7,11,16H,6H2,1H3. The van der Waals surface area contributed by atoms with Crippen LogP contribution >= 0.6 is 22.9 Å². The van der Waals surface area contributed by atoms with Gasteiger partial charge in [0.1, 0.15) is 0 Å². The number of thiophene rings is 1. The number of aliphatic hydroxyl groups is 1. The van der Waals surface area contributed by atoms with Crippen molar-refractivity contribution in [3.63, 3.8) is 0 Å². The lowest BCUT2D eigenvalue weighted by Crippen LogP contribution is -2.00. The van der Waals surface area contributed by atoms with Crippen LogP contribution in [0.25, 0.3) is 10.1 Å². The van der Waals surface area contributed by atoms with Crippen molar-refractivity contribution in [3.05, 3.63) is 45.8 Å². The van der Waals surface area contributed by atoms with E-state index in [1.165, 1.54) is 27.2 Å². The monoisotopic (exact) mass is 276 g/mol. The predicted molar refractivity (Wildman–Crippen MR) is 75.1 cm³/mol. The van der Waals surface area contributed by atoms with Crippen LogP contribution in [0.15, 0.2) is 29.6 Å². The molecule has 3 nitrogen and oxygen atoms in total. The van der Waals surface area contributed by atoms with Gasteiger partial charge < -0.3 is 5.11 Å².